The van der Waals surface area contributed by atoms with Crippen molar-refractivity contribution in [2.75, 3.05) is 0 Å². The first-order valence-corrected chi connectivity index (χ1v) is 4.84. The lowest BCUT2D eigenvalue weighted by Crippen LogP contribution is -1.98. The Bertz CT molecular complexity index is 473. The number of pyridine rings is 1. The van der Waals surface area contributed by atoms with E-state index in [2.05, 4.69) is 15.2 Å². The lowest BCUT2D eigenvalue weighted by atomic mass is 10.4. The van der Waals surface area contributed by atoms with Crippen LogP contribution in [-0.4, -0.2) is 15.2 Å². The SMILES string of the molecule is CCc1nnc(COc2cccnc2F)o1. The Morgan fingerprint density at radius 2 is 2.19 bits per heavy atom. The monoisotopic (exact) mass is 223 g/mol. The fourth-order valence-corrected chi connectivity index (χ4v) is 1.11. The summed E-state index contributed by atoms with van der Waals surface area (Å²) in [5.74, 6) is 0.266. The maximum atomic E-state index is 13.1. The zero-order valence-corrected chi connectivity index (χ0v) is 8.68. The molecule has 2 heterocycles. The highest BCUT2D eigenvalue weighted by Gasteiger charge is 2.07. The topological polar surface area (TPSA) is 61.0 Å². The highest BCUT2D eigenvalue weighted by atomic mass is 19.1. The predicted molar refractivity (Wildman–Crippen MR) is 52.2 cm³/mol. The van der Waals surface area contributed by atoms with Gasteiger partial charge in [-0.2, -0.15) is 4.39 Å². The number of halogens is 1. The summed E-state index contributed by atoms with van der Waals surface area (Å²) in [4.78, 5) is 3.45. The minimum absolute atomic E-state index is 0.0373. The van der Waals surface area contributed by atoms with Gasteiger partial charge in [-0.1, -0.05) is 6.92 Å². The van der Waals surface area contributed by atoms with Crippen molar-refractivity contribution in [3.63, 3.8) is 0 Å². The van der Waals surface area contributed by atoms with Gasteiger partial charge >= 0.3 is 0 Å². The number of hydrogen-bond donors (Lipinski definition) is 0. The van der Waals surface area contributed by atoms with E-state index in [9.17, 15) is 4.39 Å². The van der Waals surface area contributed by atoms with Gasteiger partial charge in [0.1, 0.15) is 0 Å². The average molecular weight is 223 g/mol. The first kappa shape index (κ1) is 10.5. The molecule has 0 N–H and O–H groups in total. The van der Waals surface area contributed by atoms with Crippen molar-refractivity contribution in [2.24, 2.45) is 0 Å². The van der Waals surface area contributed by atoms with Gasteiger partial charge < -0.3 is 9.15 Å². The number of aryl methyl sites for hydroxylation is 1. The van der Waals surface area contributed by atoms with Gasteiger partial charge in [0, 0.05) is 12.6 Å². The molecule has 16 heavy (non-hydrogen) atoms. The molecule has 0 atom stereocenters. The van der Waals surface area contributed by atoms with Crippen LogP contribution in [0.4, 0.5) is 4.39 Å². The van der Waals surface area contributed by atoms with Crippen LogP contribution in [0.3, 0.4) is 0 Å². The maximum Gasteiger partial charge on any atom is 0.255 e. The lowest BCUT2D eigenvalue weighted by Gasteiger charge is -2.02. The molecular weight excluding hydrogens is 213 g/mol. The summed E-state index contributed by atoms with van der Waals surface area (Å²) < 4.78 is 23.4. The molecule has 0 aliphatic rings. The van der Waals surface area contributed by atoms with Crippen LogP contribution < -0.4 is 4.74 Å². The molecule has 0 unspecified atom stereocenters. The van der Waals surface area contributed by atoms with E-state index in [0.717, 1.165) is 0 Å². The summed E-state index contributed by atoms with van der Waals surface area (Å²) >= 11 is 0. The zero-order valence-electron chi connectivity index (χ0n) is 8.68. The molecule has 0 bridgehead atoms. The largest absolute Gasteiger partial charge is 0.479 e. The van der Waals surface area contributed by atoms with E-state index in [1.165, 1.54) is 12.3 Å². The normalized spacial score (nSPS) is 10.4. The standard InChI is InChI=1S/C10H10FN3O2/c1-2-8-13-14-9(16-8)6-15-7-4-3-5-12-10(7)11/h3-5H,2,6H2,1H3. The Morgan fingerprint density at radius 1 is 1.38 bits per heavy atom. The second-order valence-electron chi connectivity index (χ2n) is 3.02. The zero-order chi connectivity index (χ0) is 11.4. The van der Waals surface area contributed by atoms with E-state index in [4.69, 9.17) is 9.15 Å². The second kappa shape index (κ2) is 4.69. The Labute approximate surface area is 91.3 Å². The molecule has 0 saturated heterocycles. The van der Waals surface area contributed by atoms with E-state index in [0.29, 0.717) is 18.2 Å². The smallest absolute Gasteiger partial charge is 0.255 e. The number of rotatable bonds is 4. The Kier molecular flexibility index (Phi) is 3.09. The summed E-state index contributed by atoms with van der Waals surface area (Å²) in [5.41, 5.74) is 0. The summed E-state index contributed by atoms with van der Waals surface area (Å²) in [6.07, 6.45) is 2.01. The van der Waals surface area contributed by atoms with Gasteiger partial charge in [-0.3, -0.25) is 0 Å². The van der Waals surface area contributed by atoms with E-state index in [-0.39, 0.29) is 12.4 Å². The Hall–Kier alpha value is -1.98. The van der Waals surface area contributed by atoms with Crippen LogP contribution in [0.1, 0.15) is 18.7 Å². The third-order valence-corrected chi connectivity index (χ3v) is 1.89. The fraction of sp³-hybridized carbons (Fsp3) is 0.300. The Balaban J connectivity index is 1.99. The third kappa shape index (κ3) is 2.33. The van der Waals surface area contributed by atoms with Crippen molar-refractivity contribution >= 4 is 0 Å². The minimum Gasteiger partial charge on any atom is -0.479 e. The summed E-state index contributed by atoms with van der Waals surface area (Å²) in [6.45, 7) is 1.94. The molecular formula is C10H10FN3O2. The molecule has 5 nitrogen and oxygen atoms in total. The van der Waals surface area contributed by atoms with E-state index >= 15 is 0 Å². The molecule has 0 aromatic carbocycles. The molecule has 2 aromatic rings. The van der Waals surface area contributed by atoms with E-state index in [1.807, 2.05) is 6.92 Å². The van der Waals surface area contributed by atoms with Crippen molar-refractivity contribution in [1.29, 1.82) is 0 Å². The van der Waals surface area contributed by atoms with Crippen molar-refractivity contribution in [3.8, 4) is 5.75 Å². The molecule has 0 aliphatic carbocycles. The number of aromatic nitrogens is 3. The predicted octanol–water partition coefficient (Wildman–Crippen LogP) is 1.75. The van der Waals surface area contributed by atoms with E-state index in [1.54, 1.807) is 6.07 Å². The van der Waals surface area contributed by atoms with Crippen molar-refractivity contribution in [3.05, 3.63) is 36.1 Å². The summed E-state index contributed by atoms with van der Waals surface area (Å²) in [6, 6.07) is 3.07. The molecule has 2 aromatic heterocycles. The van der Waals surface area contributed by atoms with Crippen LogP contribution >= 0.6 is 0 Å². The lowest BCUT2D eigenvalue weighted by molar-refractivity contribution is 0.246. The van der Waals surface area contributed by atoms with Crippen LogP contribution in [0.15, 0.2) is 22.7 Å². The molecule has 6 heteroatoms. The van der Waals surface area contributed by atoms with Gasteiger partial charge in [-0.05, 0) is 12.1 Å². The quantitative estimate of drug-likeness (QED) is 0.739. The van der Waals surface area contributed by atoms with Crippen LogP contribution in [0.25, 0.3) is 0 Å². The summed E-state index contributed by atoms with van der Waals surface area (Å²) in [5, 5.41) is 7.51. The number of nitrogens with zero attached hydrogens (tertiary/aromatic N) is 3. The maximum absolute atomic E-state index is 13.1. The second-order valence-corrected chi connectivity index (χ2v) is 3.02. The minimum atomic E-state index is -0.655. The molecule has 0 amide bonds. The van der Waals surface area contributed by atoms with Gasteiger partial charge in [0.2, 0.25) is 5.89 Å². The van der Waals surface area contributed by atoms with Crippen molar-refractivity contribution < 1.29 is 13.5 Å². The average Bonchev–Trinajstić information content (AvgIpc) is 2.76. The highest BCUT2D eigenvalue weighted by Crippen LogP contribution is 2.14. The molecule has 0 saturated carbocycles. The molecule has 2 rings (SSSR count). The van der Waals surface area contributed by atoms with Crippen molar-refractivity contribution in [1.82, 2.24) is 15.2 Å². The van der Waals surface area contributed by atoms with Crippen LogP contribution in [0.5, 0.6) is 5.75 Å². The first-order chi connectivity index (χ1) is 7.79. The van der Waals surface area contributed by atoms with Crippen molar-refractivity contribution in [2.45, 2.75) is 20.0 Å². The van der Waals surface area contributed by atoms with Gasteiger partial charge in [0.25, 0.3) is 11.8 Å². The van der Waals surface area contributed by atoms with Gasteiger partial charge in [0.15, 0.2) is 12.4 Å². The fourth-order valence-electron chi connectivity index (χ4n) is 1.11. The summed E-state index contributed by atoms with van der Waals surface area (Å²) in [7, 11) is 0. The van der Waals surface area contributed by atoms with Crippen LogP contribution in [-0.2, 0) is 13.0 Å². The Morgan fingerprint density at radius 3 is 2.88 bits per heavy atom. The van der Waals surface area contributed by atoms with Gasteiger partial charge in [0.05, 0.1) is 0 Å². The van der Waals surface area contributed by atoms with Crippen LogP contribution in [0.2, 0.25) is 0 Å². The third-order valence-electron chi connectivity index (χ3n) is 1.89. The van der Waals surface area contributed by atoms with Gasteiger partial charge in [-0.15, -0.1) is 10.2 Å². The molecule has 84 valence electrons. The molecule has 0 spiro atoms. The number of ether oxygens (including phenoxy) is 1. The van der Waals surface area contributed by atoms with Gasteiger partial charge in [-0.25, -0.2) is 4.98 Å². The number of hydrogen-bond acceptors (Lipinski definition) is 5. The molecule has 0 aliphatic heterocycles. The molecule has 0 radical (unpaired) electrons. The van der Waals surface area contributed by atoms with E-state index < -0.39 is 5.95 Å². The molecule has 0 fully saturated rings. The first-order valence-electron chi connectivity index (χ1n) is 4.84. The highest BCUT2D eigenvalue weighted by molar-refractivity contribution is 5.17. The van der Waals surface area contributed by atoms with Crippen LogP contribution in [0, 0.1) is 5.95 Å².